The van der Waals surface area contributed by atoms with Crippen LogP contribution in [0, 0.1) is 29.6 Å². The fourth-order valence-corrected chi connectivity index (χ4v) is 9.68. The Hall–Kier alpha value is -5.82. The van der Waals surface area contributed by atoms with E-state index in [0.29, 0.717) is 29.7 Å². The number of fused-ring (bicyclic) bond motifs is 5. The normalized spacial score (nSPS) is 28.0. The Morgan fingerprint density at radius 2 is 1.51 bits per heavy atom. The quantitative estimate of drug-likeness (QED) is 0.186. The number of aromatic hydroxyl groups is 1. The van der Waals surface area contributed by atoms with Gasteiger partial charge in [0, 0.05) is 29.4 Å². The Morgan fingerprint density at radius 1 is 0.804 bits per heavy atom. The SMILES string of the molecule is O=C1C(c2ccccc2)=CC(=O)C2(c3ccccc3)C1CC1C(=CCC3C(=O)N(Cc4ccccc4)C(=O)C31)C2C1=COc2ccc(O)cc2C1. The second-order valence-electron chi connectivity index (χ2n) is 14.3. The van der Waals surface area contributed by atoms with Crippen LogP contribution in [0.5, 0.6) is 11.5 Å². The van der Waals surface area contributed by atoms with E-state index in [1.54, 1.807) is 24.5 Å². The molecule has 1 saturated carbocycles. The highest BCUT2D eigenvalue weighted by atomic mass is 16.5. The van der Waals surface area contributed by atoms with E-state index in [9.17, 15) is 14.7 Å². The molecule has 0 radical (unpaired) electrons. The van der Waals surface area contributed by atoms with Crippen LogP contribution in [0.3, 0.4) is 0 Å². The summed E-state index contributed by atoms with van der Waals surface area (Å²) in [7, 11) is 0. The molecule has 6 unspecified atom stereocenters. The van der Waals surface area contributed by atoms with Crippen molar-refractivity contribution in [3.8, 4) is 11.5 Å². The van der Waals surface area contributed by atoms with Gasteiger partial charge in [-0.1, -0.05) is 103 Å². The number of phenols is 1. The van der Waals surface area contributed by atoms with Crippen molar-refractivity contribution in [2.24, 2.45) is 29.6 Å². The zero-order valence-corrected chi connectivity index (χ0v) is 27.8. The summed E-state index contributed by atoms with van der Waals surface area (Å²) >= 11 is 0. The van der Waals surface area contributed by atoms with Gasteiger partial charge in [-0.05, 0) is 65.3 Å². The number of hydrogen-bond acceptors (Lipinski definition) is 6. The molecule has 6 atom stereocenters. The number of phenolic OH excluding ortho intramolecular Hbond substituents is 1. The lowest BCUT2D eigenvalue weighted by atomic mass is 9.44. The Balaban J connectivity index is 1.23. The summed E-state index contributed by atoms with van der Waals surface area (Å²) in [4.78, 5) is 60.2. The van der Waals surface area contributed by atoms with Gasteiger partial charge >= 0.3 is 0 Å². The van der Waals surface area contributed by atoms with Crippen LogP contribution in [0.25, 0.3) is 5.57 Å². The zero-order valence-electron chi connectivity index (χ0n) is 27.8. The van der Waals surface area contributed by atoms with E-state index in [0.717, 1.165) is 27.8 Å². The Labute approximate surface area is 295 Å². The molecule has 2 fully saturated rings. The third-order valence-corrected chi connectivity index (χ3v) is 11.8. The van der Waals surface area contributed by atoms with Gasteiger partial charge in [-0.2, -0.15) is 0 Å². The lowest BCUT2D eigenvalue weighted by Crippen LogP contribution is -2.60. The number of allylic oxidation sites excluding steroid dienone is 5. The molecule has 252 valence electrons. The molecule has 4 aromatic carbocycles. The second-order valence-corrected chi connectivity index (χ2v) is 14.3. The number of rotatable bonds is 5. The number of carbonyl (C=O) groups excluding carboxylic acids is 4. The molecule has 1 N–H and O–H groups in total. The summed E-state index contributed by atoms with van der Waals surface area (Å²) in [6.07, 6.45) is 6.27. The number of nitrogens with zero attached hydrogens (tertiary/aromatic N) is 1. The molecule has 0 aromatic heterocycles. The van der Waals surface area contributed by atoms with Gasteiger partial charge in [0.25, 0.3) is 0 Å². The van der Waals surface area contributed by atoms with Crippen molar-refractivity contribution in [2.75, 3.05) is 0 Å². The smallest absolute Gasteiger partial charge is 0.234 e. The Morgan fingerprint density at radius 3 is 2.25 bits per heavy atom. The van der Waals surface area contributed by atoms with E-state index in [-0.39, 0.29) is 42.1 Å². The highest BCUT2D eigenvalue weighted by Crippen LogP contribution is 2.63. The van der Waals surface area contributed by atoms with Crippen molar-refractivity contribution in [3.05, 3.63) is 161 Å². The highest BCUT2D eigenvalue weighted by Gasteiger charge is 2.66. The van der Waals surface area contributed by atoms with Gasteiger partial charge in [0.15, 0.2) is 11.6 Å². The number of amides is 2. The molecule has 3 aliphatic carbocycles. The van der Waals surface area contributed by atoms with Crippen LogP contribution in [0.4, 0.5) is 0 Å². The minimum atomic E-state index is -1.33. The predicted octanol–water partition coefficient (Wildman–Crippen LogP) is 6.77. The maximum Gasteiger partial charge on any atom is 0.234 e. The molecule has 5 aliphatic rings. The molecule has 1 saturated heterocycles. The summed E-state index contributed by atoms with van der Waals surface area (Å²) in [5.41, 5.74) is 3.74. The van der Waals surface area contributed by atoms with Gasteiger partial charge in [-0.3, -0.25) is 24.1 Å². The number of Topliss-reactive ketones (excluding diaryl/α,β-unsaturated/α-hetero) is 1. The average Bonchev–Trinajstić information content (AvgIpc) is 3.40. The largest absolute Gasteiger partial charge is 0.508 e. The van der Waals surface area contributed by atoms with Crippen LogP contribution < -0.4 is 4.74 Å². The van der Waals surface area contributed by atoms with Crippen molar-refractivity contribution in [3.63, 3.8) is 0 Å². The first-order valence-corrected chi connectivity index (χ1v) is 17.5. The molecule has 51 heavy (non-hydrogen) atoms. The molecule has 2 aliphatic heterocycles. The summed E-state index contributed by atoms with van der Waals surface area (Å²) < 4.78 is 6.20. The first kappa shape index (κ1) is 31.2. The van der Waals surface area contributed by atoms with Gasteiger partial charge in [-0.15, -0.1) is 0 Å². The number of carbonyl (C=O) groups is 4. The molecule has 2 amide bonds. The highest BCUT2D eigenvalue weighted by molar-refractivity contribution is 6.31. The van der Waals surface area contributed by atoms with Gasteiger partial charge in [0.2, 0.25) is 11.8 Å². The predicted molar refractivity (Wildman–Crippen MR) is 190 cm³/mol. The molecular formula is C44H35NO6. The van der Waals surface area contributed by atoms with E-state index in [1.165, 1.54) is 11.0 Å². The lowest BCUT2D eigenvalue weighted by Gasteiger charge is -2.56. The topological polar surface area (TPSA) is 101 Å². The number of likely N-dealkylation sites (tertiary alicyclic amines) is 1. The maximum atomic E-state index is 15.2. The van der Waals surface area contributed by atoms with Crippen LogP contribution in [-0.2, 0) is 37.6 Å². The number of benzene rings is 4. The Bertz CT molecular complexity index is 2200. The van der Waals surface area contributed by atoms with Crippen molar-refractivity contribution in [2.45, 2.75) is 31.2 Å². The molecule has 2 heterocycles. The lowest BCUT2D eigenvalue weighted by molar-refractivity contribution is -0.141. The second kappa shape index (κ2) is 11.9. The molecule has 0 bridgehead atoms. The molecule has 7 heteroatoms. The molecule has 7 nitrogen and oxygen atoms in total. The number of ether oxygens (including phenoxy) is 1. The third kappa shape index (κ3) is 4.71. The molecule has 9 rings (SSSR count). The number of hydrogen-bond donors (Lipinski definition) is 1. The van der Waals surface area contributed by atoms with Gasteiger partial charge in [0.05, 0.1) is 30.1 Å². The van der Waals surface area contributed by atoms with E-state index in [2.05, 4.69) is 6.08 Å². The molecule has 0 spiro atoms. The summed E-state index contributed by atoms with van der Waals surface area (Å²) in [5, 5.41) is 10.4. The van der Waals surface area contributed by atoms with E-state index in [1.807, 2.05) is 91.0 Å². The van der Waals surface area contributed by atoms with Gasteiger partial charge in [-0.25, -0.2) is 0 Å². The maximum absolute atomic E-state index is 15.2. The fraction of sp³-hybridized carbons (Fsp3) is 0.227. The summed E-state index contributed by atoms with van der Waals surface area (Å²) in [6, 6.07) is 33.3. The monoisotopic (exact) mass is 673 g/mol. The Kier molecular flexibility index (Phi) is 7.28. The molecule has 4 aromatic rings. The first-order valence-electron chi connectivity index (χ1n) is 17.5. The fourth-order valence-electron chi connectivity index (χ4n) is 9.68. The number of imide groups is 1. The van der Waals surface area contributed by atoms with Crippen molar-refractivity contribution < 1.29 is 29.0 Å². The minimum Gasteiger partial charge on any atom is -0.508 e. The van der Waals surface area contributed by atoms with Crippen LogP contribution >= 0.6 is 0 Å². The van der Waals surface area contributed by atoms with Crippen LogP contribution in [0.15, 0.2) is 139 Å². The minimum absolute atomic E-state index is 0.100. The van der Waals surface area contributed by atoms with E-state index in [4.69, 9.17) is 4.74 Å². The van der Waals surface area contributed by atoms with Crippen molar-refractivity contribution in [1.29, 1.82) is 0 Å². The standard InChI is InChI=1S/C44H35NO6/c46-31-16-19-37-28(21-31)20-29(25-51-37)40-32-17-18-33-39(43(50)45(42(33)49)24-26-10-4-1-5-11-26)35(32)22-36-41(48)34(27-12-6-2-7-13-27)23-38(47)44(36,40)30-14-8-3-9-15-30/h1-17,19,21,23,25,33,35-36,39-40,46H,18,20,22,24H2. The van der Waals surface area contributed by atoms with Crippen LogP contribution in [0.1, 0.15) is 35.1 Å². The van der Waals surface area contributed by atoms with Crippen molar-refractivity contribution >= 4 is 29.0 Å². The number of ketones is 2. The van der Waals surface area contributed by atoms with E-state index >= 15 is 9.59 Å². The summed E-state index contributed by atoms with van der Waals surface area (Å²) in [5.74, 6) is -3.16. The van der Waals surface area contributed by atoms with Gasteiger partial charge < -0.3 is 9.84 Å². The van der Waals surface area contributed by atoms with Crippen LogP contribution in [-0.4, -0.2) is 33.4 Å². The first-order chi connectivity index (χ1) is 24.9. The molecular weight excluding hydrogens is 638 g/mol. The van der Waals surface area contributed by atoms with Gasteiger partial charge in [0.1, 0.15) is 11.5 Å². The zero-order chi connectivity index (χ0) is 34.9. The third-order valence-electron chi connectivity index (χ3n) is 11.8. The van der Waals surface area contributed by atoms with E-state index < -0.39 is 35.0 Å². The van der Waals surface area contributed by atoms with Crippen LogP contribution in [0.2, 0.25) is 0 Å². The summed E-state index contributed by atoms with van der Waals surface area (Å²) in [6.45, 7) is 0.186. The van der Waals surface area contributed by atoms with Crippen molar-refractivity contribution in [1.82, 2.24) is 4.90 Å². The average molecular weight is 674 g/mol.